The molecule has 0 unspecified atom stereocenters. The fourth-order valence-electron chi connectivity index (χ4n) is 1.79. The number of hydrogen-bond donors (Lipinski definition) is 1. The van der Waals surface area contributed by atoms with Gasteiger partial charge in [-0.2, -0.15) is 0 Å². The molecule has 21 heavy (non-hydrogen) atoms. The highest BCUT2D eigenvalue weighted by Gasteiger charge is 2.03. The summed E-state index contributed by atoms with van der Waals surface area (Å²) in [5, 5.41) is 11.2. The number of rotatable bonds is 8. The predicted molar refractivity (Wildman–Crippen MR) is 73.9 cm³/mol. The summed E-state index contributed by atoms with van der Waals surface area (Å²) in [7, 11) is 0. The molecule has 0 aliphatic rings. The number of hydrogen-bond acceptors (Lipinski definition) is 4. The van der Waals surface area contributed by atoms with Crippen molar-refractivity contribution >= 4 is 0 Å². The van der Waals surface area contributed by atoms with Gasteiger partial charge >= 0.3 is 0 Å². The summed E-state index contributed by atoms with van der Waals surface area (Å²) in [6.45, 7) is 4.41. The van der Waals surface area contributed by atoms with Gasteiger partial charge in [0, 0.05) is 30.9 Å². The molecule has 1 aromatic carbocycles. The monoisotopic (exact) mass is 296 g/mol. The van der Waals surface area contributed by atoms with Crippen LogP contribution in [0.1, 0.15) is 19.0 Å². The van der Waals surface area contributed by atoms with Gasteiger partial charge in [0.05, 0.1) is 12.2 Å². The normalized spacial score (nSPS) is 10.8. The van der Waals surface area contributed by atoms with Gasteiger partial charge < -0.3 is 10.1 Å². The highest BCUT2D eigenvalue weighted by Crippen LogP contribution is 2.15. The summed E-state index contributed by atoms with van der Waals surface area (Å²) in [5.74, 6) is -1.15. The van der Waals surface area contributed by atoms with E-state index in [-0.39, 0.29) is 12.4 Å². The molecular formula is C14H18F2N4O. The van der Waals surface area contributed by atoms with Crippen LogP contribution in [0, 0.1) is 11.6 Å². The largest absolute Gasteiger partial charge is 0.491 e. The lowest BCUT2D eigenvalue weighted by Crippen LogP contribution is -2.14. The Morgan fingerprint density at radius 3 is 2.71 bits per heavy atom. The van der Waals surface area contributed by atoms with E-state index in [1.807, 2.05) is 6.20 Å². The Hall–Kier alpha value is -2.02. The van der Waals surface area contributed by atoms with Crippen LogP contribution in [0.4, 0.5) is 8.78 Å². The molecule has 0 atom stereocenters. The van der Waals surface area contributed by atoms with Crippen LogP contribution >= 0.6 is 0 Å². The fraction of sp³-hybridized carbons (Fsp3) is 0.429. The Bertz CT molecular complexity index is 554. The first-order chi connectivity index (χ1) is 10.2. The van der Waals surface area contributed by atoms with Crippen LogP contribution in [0.25, 0.3) is 0 Å². The standard InChI is InChI=1S/C14H18F2N4O/c1-2-3-17-9-13-10-20(19-18-13)4-5-21-14-7-11(15)6-12(16)8-14/h6-8,10,17H,2-5,9H2,1H3. The molecule has 1 heterocycles. The van der Waals surface area contributed by atoms with Gasteiger partial charge in [0.25, 0.3) is 0 Å². The maximum atomic E-state index is 13.0. The third kappa shape index (κ3) is 5.11. The quantitative estimate of drug-likeness (QED) is 0.758. The molecule has 7 heteroatoms. The van der Waals surface area contributed by atoms with E-state index in [1.54, 1.807) is 4.68 Å². The third-order valence-electron chi connectivity index (χ3n) is 2.74. The molecule has 0 fully saturated rings. The van der Waals surface area contributed by atoms with Crippen molar-refractivity contribution < 1.29 is 13.5 Å². The van der Waals surface area contributed by atoms with Gasteiger partial charge in [-0.25, -0.2) is 13.5 Å². The maximum Gasteiger partial charge on any atom is 0.129 e. The van der Waals surface area contributed by atoms with Gasteiger partial charge in [-0.3, -0.25) is 0 Å². The average Bonchev–Trinajstić information content (AvgIpc) is 2.86. The van der Waals surface area contributed by atoms with E-state index in [4.69, 9.17) is 4.74 Å². The topological polar surface area (TPSA) is 52.0 Å². The number of nitrogens with one attached hydrogen (secondary N) is 1. The summed E-state index contributed by atoms with van der Waals surface area (Å²) in [4.78, 5) is 0. The minimum absolute atomic E-state index is 0.164. The Balaban J connectivity index is 1.78. The summed E-state index contributed by atoms with van der Waals surface area (Å²) < 4.78 is 32.9. The van der Waals surface area contributed by atoms with Crippen molar-refractivity contribution in [2.45, 2.75) is 26.4 Å². The van der Waals surface area contributed by atoms with Crippen molar-refractivity contribution in [3.63, 3.8) is 0 Å². The van der Waals surface area contributed by atoms with Gasteiger partial charge in [-0.05, 0) is 13.0 Å². The predicted octanol–water partition coefficient (Wildman–Crippen LogP) is 2.13. The van der Waals surface area contributed by atoms with Crippen LogP contribution < -0.4 is 10.1 Å². The van der Waals surface area contributed by atoms with E-state index < -0.39 is 11.6 Å². The molecule has 1 aromatic heterocycles. The minimum Gasteiger partial charge on any atom is -0.491 e. The molecule has 0 saturated carbocycles. The molecule has 0 aliphatic heterocycles. The number of halogens is 2. The summed E-state index contributed by atoms with van der Waals surface area (Å²) in [6.07, 6.45) is 2.88. The van der Waals surface area contributed by atoms with Crippen LogP contribution in [0.3, 0.4) is 0 Å². The lowest BCUT2D eigenvalue weighted by molar-refractivity contribution is 0.287. The zero-order valence-electron chi connectivity index (χ0n) is 11.9. The lowest BCUT2D eigenvalue weighted by atomic mass is 10.3. The molecular weight excluding hydrogens is 278 g/mol. The molecule has 0 aliphatic carbocycles. The molecule has 0 radical (unpaired) electrons. The second-order valence-corrected chi connectivity index (χ2v) is 4.60. The molecule has 5 nitrogen and oxygen atoms in total. The molecule has 0 amide bonds. The highest BCUT2D eigenvalue weighted by molar-refractivity contribution is 5.23. The van der Waals surface area contributed by atoms with Crippen LogP contribution in [-0.2, 0) is 13.1 Å². The van der Waals surface area contributed by atoms with Gasteiger partial charge in [0.2, 0.25) is 0 Å². The number of nitrogens with zero attached hydrogens (tertiary/aromatic N) is 3. The van der Waals surface area contributed by atoms with Crippen molar-refractivity contribution in [3.8, 4) is 5.75 Å². The van der Waals surface area contributed by atoms with Crippen LogP contribution in [0.15, 0.2) is 24.4 Å². The maximum absolute atomic E-state index is 13.0. The lowest BCUT2D eigenvalue weighted by Gasteiger charge is -2.06. The second kappa shape index (κ2) is 7.68. The smallest absolute Gasteiger partial charge is 0.129 e. The van der Waals surface area contributed by atoms with Gasteiger partial charge in [-0.15, -0.1) is 5.10 Å². The van der Waals surface area contributed by atoms with E-state index in [2.05, 4.69) is 22.6 Å². The zero-order chi connectivity index (χ0) is 15.1. The number of benzene rings is 1. The Labute approximate surface area is 121 Å². The Kier molecular flexibility index (Phi) is 5.62. The molecule has 2 aromatic rings. The first-order valence-electron chi connectivity index (χ1n) is 6.86. The van der Waals surface area contributed by atoms with Crippen molar-refractivity contribution in [3.05, 3.63) is 41.7 Å². The van der Waals surface area contributed by atoms with E-state index in [1.165, 1.54) is 0 Å². The first kappa shape index (κ1) is 15.4. The number of ether oxygens (including phenoxy) is 1. The van der Waals surface area contributed by atoms with Crippen molar-refractivity contribution in [2.75, 3.05) is 13.2 Å². The van der Waals surface area contributed by atoms with Crippen LogP contribution in [-0.4, -0.2) is 28.1 Å². The summed E-state index contributed by atoms with van der Waals surface area (Å²) in [5.41, 5.74) is 0.847. The zero-order valence-corrected chi connectivity index (χ0v) is 11.9. The van der Waals surface area contributed by atoms with Crippen LogP contribution in [0.2, 0.25) is 0 Å². The first-order valence-corrected chi connectivity index (χ1v) is 6.86. The molecule has 0 saturated heterocycles. The van der Waals surface area contributed by atoms with Gasteiger partial charge in [0.1, 0.15) is 24.0 Å². The van der Waals surface area contributed by atoms with Crippen molar-refractivity contribution in [1.82, 2.24) is 20.3 Å². The third-order valence-corrected chi connectivity index (χ3v) is 2.74. The second-order valence-electron chi connectivity index (χ2n) is 4.60. The van der Waals surface area contributed by atoms with E-state index >= 15 is 0 Å². The van der Waals surface area contributed by atoms with Crippen LogP contribution in [0.5, 0.6) is 5.75 Å². The molecule has 0 bridgehead atoms. The highest BCUT2D eigenvalue weighted by atomic mass is 19.1. The Morgan fingerprint density at radius 1 is 1.24 bits per heavy atom. The van der Waals surface area contributed by atoms with E-state index in [0.717, 1.165) is 36.9 Å². The minimum atomic E-state index is -0.657. The van der Waals surface area contributed by atoms with Crippen molar-refractivity contribution in [2.24, 2.45) is 0 Å². The number of aromatic nitrogens is 3. The molecule has 0 spiro atoms. The van der Waals surface area contributed by atoms with Crippen molar-refractivity contribution in [1.29, 1.82) is 0 Å². The molecule has 1 N–H and O–H groups in total. The van der Waals surface area contributed by atoms with Gasteiger partial charge in [-0.1, -0.05) is 12.1 Å². The summed E-state index contributed by atoms with van der Waals surface area (Å²) in [6, 6.07) is 3.09. The molecule has 2 rings (SSSR count). The molecule has 114 valence electrons. The summed E-state index contributed by atoms with van der Waals surface area (Å²) >= 11 is 0. The SMILES string of the molecule is CCCNCc1cn(CCOc2cc(F)cc(F)c2)nn1. The fourth-order valence-corrected chi connectivity index (χ4v) is 1.79. The van der Waals surface area contributed by atoms with E-state index in [9.17, 15) is 8.78 Å². The average molecular weight is 296 g/mol. The van der Waals surface area contributed by atoms with Gasteiger partial charge in [0.15, 0.2) is 0 Å². The van der Waals surface area contributed by atoms with E-state index in [0.29, 0.717) is 13.1 Å². The Morgan fingerprint density at radius 2 is 2.00 bits per heavy atom.